The standard InChI is InChI=1S/C14H13FN2O/c15-13-6-2-1-5-11(13)9-12(10-16)14(18)17-7-3-4-8-17/h1-2,5-6,9H,3-4,7-8H2/b12-9+. The van der Waals surface area contributed by atoms with Gasteiger partial charge in [-0.15, -0.1) is 0 Å². The monoisotopic (exact) mass is 244 g/mol. The van der Waals surface area contributed by atoms with Crippen LogP contribution in [-0.2, 0) is 4.79 Å². The molecule has 0 unspecified atom stereocenters. The Morgan fingerprint density at radius 3 is 2.61 bits per heavy atom. The molecular formula is C14H13FN2O. The van der Waals surface area contributed by atoms with Gasteiger partial charge in [-0.3, -0.25) is 4.79 Å². The number of nitriles is 1. The van der Waals surface area contributed by atoms with Crippen molar-refractivity contribution < 1.29 is 9.18 Å². The Balaban J connectivity index is 2.26. The van der Waals surface area contributed by atoms with Gasteiger partial charge in [0.2, 0.25) is 0 Å². The summed E-state index contributed by atoms with van der Waals surface area (Å²) in [7, 11) is 0. The predicted molar refractivity (Wildman–Crippen MR) is 65.8 cm³/mol. The Morgan fingerprint density at radius 1 is 1.33 bits per heavy atom. The minimum atomic E-state index is -0.431. The topological polar surface area (TPSA) is 44.1 Å². The molecule has 4 heteroatoms. The number of halogens is 1. The van der Waals surface area contributed by atoms with Gasteiger partial charge in [-0.1, -0.05) is 18.2 Å². The highest BCUT2D eigenvalue weighted by molar-refractivity contribution is 6.01. The van der Waals surface area contributed by atoms with Crippen LogP contribution in [0.15, 0.2) is 29.8 Å². The molecule has 0 aromatic heterocycles. The Hall–Kier alpha value is -2.15. The van der Waals surface area contributed by atoms with Gasteiger partial charge in [-0.05, 0) is 25.0 Å². The summed E-state index contributed by atoms with van der Waals surface area (Å²) >= 11 is 0. The molecule has 0 N–H and O–H groups in total. The van der Waals surface area contributed by atoms with Crippen molar-refractivity contribution in [1.82, 2.24) is 4.90 Å². The van der Waals surface area contributed by atoms with Crippen LogP contribution >= 0.6 is 0 Å². The number of benzene rings is 1. The zero-order valence-electron chi connectivity index (χ0n) is 9.90. The molecule has 0 saturated carbocycles. The van der Waals surface area contributed by atoms with Crippen LogP contribution in [0, 0.1) is 17.1 Å². The largest absolute Gasteiger partial charge is 0.338 e. The second-order valence-electron chi connectivity index (χ2n) is 4.19. The number of nitrogens with zero attached hydrogens (tertiary/aromatic N) is 2. The fourth-order valence-electron chi connectivity index (χ4n) is 1.98. The van der Waals surface area contributed by atoms with Gasteiger partial charge < -0.3 is 4.90 Å². The molecule has 0 spiro atoms. The molecule has 1 aromatic rings. The lowest BCUT2D eigenvalue weighted by Gasteiger charge is -2.14. The Bertz CT molecular complexity index is 525. The lowest BCUT2D eigenvalue weighted by molar-refractivity contribution is -0.125. The highest BCUT2D eigenvalue weighted by Gasteiger charge is 2.21. The van der Waals surface area contributed by atoms with E-state index in [-0.39, 0.29) is 17.0 Å². The molecule has 0 bridgehead atoms. The number of rotatable bonds is 2. The third-order valence-corrected chi connectivity index (χ3v) is 2.95. The highest BCUT2D eigenvalue weighted by atomic mass is 19.1. The first kappa shape index (κ1) is 12.3. The molecule has 2 rings (SSSR count). The van der Waals surface area contributed by atoms with Gasteiger partial charge in [-0.25, -0.2) is 4.39 Å². The number of likely N-dealkylation sites (tertiary alicyclic amines) is 1. The zero-order chi connectivity index (χ0) is 13.0. The van der Waals surface area contributed by atoms with E-state index in [4.69, 9.17) is 5.26 Å². The molecule has 1 aliphatic rings. The predicted octanol–water partition coefficient (Wildman–Crippen LogP) is 2.36. The van der Waals surface area contributed by atoms with Crippen LogP contribution in [-0.4, -0.2) is 23.9 Å². The normalized spacial score (nSPS) is 15.6. The van der Waals surface area contributed by atoms with E-state index in [9.17, 15) is 9.18 Å². The summed E-state index contributed by atoms with van der Waals surface area (Å²) in [4.78, 5) is 13.6. The number of carbonyl (C=O) groups is 1. The quantitative estimate of drug-likeness (QED) is 0.592. The third kappa shape index (κ3) is 2.57. The summed E-state index contributed by atoms with van der Waals surface area (Å²) in [6.45, 7) is 1.35. The summed E-state index contributed by atoms with van der Waals surface area (Å²) in [5, 5.41) is 9.02. The molecule has 0 aliphatic carbocycles. The Kier molecular flexibility index (Phi) is 3.73. The van der Waals surface area contributed by atoms with Crippen LogP contribution in [0.4, 0.5) is 4.39 Å². The van der Waals surface area contributed by atoms with Gasteiger partial charge in [0.1, 0.15) is 17.5 Å². The molecule has 1 heterocycles. The smallest absolute Gasteiger partial charge is 0.264 e. The van der Waals surface area contributed by atoms with Crippen molar-refractivity contribution in [1.29, 1.82) is 5.26 Å². The fraction of sp³-hybridized carbons (Fsp3) is 0.286. The lowest BCUT2D eigenvalue weighted by atomic mass is 10.1. The van der Waals surface area contributed by atoms with Crippen LogP contribution in [0.2, 0.25) is 0 Å². The Morgan fingerprint density at radius 2 is 2.00 bits per heavy atom. The molecule has 1 aliphatic heterocycles. The summed E-state index contributed by atoms with van der Waals surface area (Å²) in [5.74, 6) is -0.738. The third-order valence-electron chi connectivity index (χ3n) is 2.95. The van der Waals surface area contributed by atoms with E-state index in [1.807, 2.05) is 6.07 Å². The number of amides is 1. The zero-order valence-corrected chi connectivity index (χ0v) is 9.90. The number of hydrogen-bond donors (Lipinski definition) is 0. The van der Waals surface area contributed by atoms with Crippen LogP contribution in [0.25, 0.3) is 6.08 Å². The van der Waals surface area contributed by atoms with E-state index in [2.05, 4.69) is 0 Å². The van der Waals surface area contributed by atoms with Gasteiger partial charge >= 0.3 is 0 Å². The minimum absolute atomic E-state index is 0.0120. The fourth-order valence-corrected chi connectivity index (χ4v) is 1.98. The van der Waals surface area contributed by atoms with E-state index in [1.165, 1.54) is 12.1 Å². The maximum absolute atomic E-state index is 13.4. The van der Waals surface area contributed by atoms with Crippen molar-refractivity contribution in [2.24, 2.45) is 0 Å². The second kappa shape index (κ2) is 5.46. The van der Waals surface area contributed by atoms with E-state index < -0.39 is 5.82 Å². The maximum Gasteiger partial charge on any atom is 0.264 e. The van der Waals surface area contributed by atoms with Crippen LogP contribution in [0.1, 0.15) is 18.4 Å². The first-order valence-corrected chi connectivity index (χ1v) is 5.88. The van der Waals surface area contributed by atoms with Gasteiger partial charge in [0, 0.05) is 18.7 Å². The molecule has 0 atom stereocenters. The molecular weight excluding hydrogens is 231 g/mol. The molecule has 0 radical (unpaired) electrons. The van der Waals surface area contributed by atoms with Crippen molar-refractivity contribution in [2.45, 2.75) is 12.8 Å². The van der Waals surface area contributed by atoms with Crippen LogP contribution in [0.5, 0.6) is 0 Å². The van der Waals surface area contributed by atoms with Crippen molar-refractivity contribution in [2.75, 3.05) is 13.1 Å². The summed E-state index contributed by atoms with van der Waals surface area (Å²) in [6, 6.07) is 7.95. The first-order valence-electron chi connectivity index (χ1n) is 5.88. The first-order chi connectivity index (χ1) is 8.72. The van der Waals surface area contributed by atoms with Crippen molar-refractivity contribution >= 4 is 12.0 Å². The van der Waals surface area contributed by atoms with E-state index >= 15 is 0 Å². The van der Waals surface area contributed by atoms with E-state index in [1.54, 1.807) is 23.1 Å². The van der Waals surface area contributed by atoms with E-state index in [0.717, 1.165) is 12.8 Å². The minimum Gasteiger partial charge on any atom is -0.338 e. The number of carbonyl (C=O) groups excluding carboxylic acids is 1. The molecule has 3 nitrogen and oxygen atoms in total. The van der Waals surface area contributed by atoms with Gasteiger partial charge in [0.25, 0.3) is 5.91 Å². The average molecular weight is 244 g/mol. The summed E-state index contributed by atoms with van der Waals surface area (Å²) in [5.41, 5.74) is 0.253. The average Bonchev–Trinajstić information content (AvgIpc) is 2.91. The highest BCUT2D eigenvalue weighted by Crippen LogP contribution is 2.15. The molecule has 92 valence electrons. The summed E-state index contributed by atoms with van der Waals surface area (Å²) in [6.07, 6.45) is 3.24. The Labute approximate surface area is 105 Å². The van der Waals surface area contributed by atoms with Gasteiger partial charge in [0.05, 0.1) is 0 Å². The second-order valence-corrected chi connectivity index (χ2v) is 4.19. The SMILES string of the molecule is N#C/C(=C\c1ccccc1F)C(=O)N1CCCC1. The van der Waals surface area contributed by atoms with E-state index in [0.29, 0.717) is 13.1 Å². The maximum atomic E-state index is 13.4. The number of hydrogen-bond acceptors (Lipinski definition) is 2. The van der Waals surface area contributed by atoms with Crippen LogP contribution in [0.3, 0.4) is 0 Å². The van der Waals surface area contributed by atoms with Crippen molar-refractivity contribution in [3.8, 4) is 6.07 Å². The molecule has 1 saturated heterocycles. The molecule has 1 amide bonds. The van der Waals surface area contributed by atoms with Crippen LogP contribution < -0.4 is 0 Å². The van der Waals surface area contributed by atoms with Gasteiger partial charge in [-0.2, -0.15) is 5.26 Å². The molecule has 1 aromatic carbocycles. The van der Waals surface area contributed by atoms with Crippen molar-refractivity contribution in [3.05, 3.63) is 41.2 Å². The lowest BCUT2D eigenvalue weighted by Crippen LogP contribution is -2.28. The van der Waals surface area contributed by atoms with Gasteiger partial charge in [0.15, 0.2) is 0 Å². The summed E-state index contributed by atoms with van der Waals surface area (Å²) < 4.78 is 13.4. The molecule has 18 heavy (non-hydrogen) atoms. The van der Waals surface area contributed by atoms with Crippen molar-refractivity contribution in [3.63, 3.8) is 0 Å². The molecule has 1 fully saturated rings.